The van der Waals surface area contributed by atoms with E-state index in [9.17, 15) is 27.6 Å². The molecule has 0 radical (unpaired) electrons. The fourth-order valence-electron chi connectivity index (χ4n) is 5.90. The molecule has 2 aromatic carbocycles. The Kier molecular flexibility index (Phi) is 10.4. The first kappa shape index (κ1) is 29.8. The van der Waals surface area contributed by atoms with Crippen molar-refractivity contribution in [2.45, 2.75) is 76.8 Å². The second-order valence-corrected chi connectivity index (χ2v) is 10.9. The molecular formula is C31H42F3N3O3. The van der Waals surface area contributed by atoms with Crippen molar-refractivity contribution < 1.29 is 30.4 Å². The quantitative estimate of drug-likeness (QED) is 0.387. The maximum Gasteiger partial charge on any atom is 0.254 e. The Labute approximate surface area is 236 Å². The molecule has 1 heterocycles. The van der Waals surface area contributed by atoms with Gasteiger partial charge < -0.3 is 15.5 Å². The van der Waals surface area contributed by atoms with Gasteiger partial charge in [0.15, 0.2) is 5.78 Å². The van der Waals surface area contributed by atoms with Crippen LogP contribution in [0.3, 0.4) is 0 Å². The second kappa shape index (κ2) is 13.9. The van der Waals surface area contributed by atoms with E-state index in [0.29, 0.717) is 19.5 Å². The van der Waals surface area contributed by atoms with Crippen molar-refractivity contribution in [2.75, 3.05) is 19.6 Å². The molecule has 40 heavy (non-hydrogen) atoms. The van der Waals surface area contributed by atoms with Gasteiger partial charge in [-0.3, -0.25) is 14.4 Å². The predicted octanol–water partition coefficient (Wildman–Crippen LogP) is 5.75. The minimum absolute atomic E-state index is 0. The number of carbonyl (C=O) groups excluding carboxylic acids is 3. The average Bonchev–Trinajstić information content (AvgIpc) is 2.97. The molecule has 1 saturated heterocycles. The average molecular weight is 562 g/mol. The number of amides is 2. The standard InChI is InChI=1S/C31H38F3N3O3.2H2/c1-2-28(38)30(20-7-4-3-5-8-20)36-31(40)25-15-21(11-13-26(25)33)23-9-6-14-37(19-23)29(39)18-35-17-22-10-12-24(32)16-27(22)34;;/h10-13,15-16,20,23,30,35H,2-9,14,17-19H2,1H3,(H,36,40);2*1H/t23?,30-;;/m1../s1. The molecule has 2 N–H and O–H groups in total. The Hall–Kier alpha value is -3.20. The van der Waals surface area contributed by atoms with Crippen LogP contribution in [-0.4, -0.2) is 48.2 Å². The molecule has 1 aliphatic heterocycles. The van der Waals surface area contributed by atoms with Crippen LogP contribution in [-0.2, 0) is 16.1 Å². The van der Waals surface area contributed by atoms with Crippen LogP contribution in [0.1, 0.15) is 88.5 Å². The summed E-state index contributed by atoms with van der Waals surface area (Å²) in [5.74, 6) is -2.75. The van der Waals surface area contributed by atoms with E-state index >= 15 is 0 Å². The lowest BCUT2D eigenvalue weighted by Crippen LogP contribution is -2.46. The zero-order chi connectivity index (χ0) is 28.6. The molecule has 2 aliphatic rings. The number of hydrogen-bond donors (Lipinski definition) is 2. The molecule has 2 fully saturated rings. The van der Waals surface area contributed by atoms with E-state index in [2.05, 4.69) is 10.6 Å². The zero-order valence-corrected chi connectivity index (χ0v) is 23.0. The Balaban J connectivity index is 0.00000308. The Morgan fingerprint density at radius 3 is 2.48 bits per heavy atom. The number of carbonyl (C=O) groups is 3. The van der Waals surface area contributed by atoms with Gasteiger partial charge in [0.25, 0.3) is 5.91 Å². The van der Waals surface area contributed by atoms with Crippen molar-refractivity contribution in [1.82, 2.24) is 15.5 Å². The highest BCUT2D eigenvalue weighted by Gasteiger charge is 2.31. The smallest absolute Gasteiger partial charge is 0.254 e. The van der Waals surface area contributed by atoms with Gasteiger partial charge in [0.05, 0.1) is 18.2 Å². The normalized spacial score (nSPS) is 18.8. The molecule has 1 aliphatic carbocycles. The summed E-state index contributed by atoms with van der Waals surface area (Å²) in [7, 11) is 0. The first-order valence-corrected chi connectivity index (χ1v) is 14.3. The van der Waals surface area contributed by atoms with Gasteiger partial charge in [-0.25, -0.2) is 13.2 Å². The van der Waals surface area contributed by atoms with Gasteiger partial charge in [0.1, 0.15) is 17.5 Å². The number of rotatable bonds is 10. The molecule has 4 rings (SSSR count). The van der Waals surface area contributed by atoms with Crippen molar-refractivity contribution >= 4 is 17.6 Å². The highest BCUT2D eigenvalue weighted by Crippen LogP contribution is 2.30. The maximum atomic E-state index is 14.8. The zero-order valence-electron chi connectivity index (χ0n) is 23.0. The van der Waals surface area contributed by atoms with Gasteiger partial charge in [-0.15, -0.1) is 0 Å². The predicted molar refractivity (Wildman–Crippen MR) is 150 cm³/mol. The first-order chi connectivity index (χ1) is 19.3. The van der Waals surface area contributed by atoms with E-state index in [1.165, 1.54) is 18.2 Å². The van der Waals surface area contributed by atoms with Crippen LogP contribution in [0.2, 0.25) is 0 Å². The number of likely N-dealkylation sites (tertiary alicyclic amines) is 1. The molecule has 1 saturated carbocycles. The largest absolute Gasteiger partial charge is 0.342 e. The minimum atomic E-state index is -0.668. The summed E-state index contributed by atoms with van der Waals surface area (Å²) >= 11 is 0. The molecule has 2 amide bonds. The van der Waals surface area contributed by atoms with E-state index in [1.54, 1.807) is 24.0 Å². The molecule has 0 spiro atoms. The van der Waals surface area contributed by atoms with Crippen molar-refractivity contribution in [2.24, 2.45) is 5.92 Å². The second-order valence-electron chi connectivity index (χ2n) is 10.9. The van der Waals surface area contributed by atoms with Crippen LogP contribution in [0, 0.1) is 23.4 Å². The summed E-state index contributed by atoms with van der Waals surface area (Å²) < 4.78 is 41.8. The SMILES string of the molecule is CCC(=O)[C@H](NC(=O)c1cc(C2CCCN(C(=O)CNCc3ccc(F)cc3F)C2)ccc1F)C1CCCCC1.[HH].[HH]. The van der Waals surface area contributed by atoms with Gasteiger partial charge in [-0.05, 0) is 55.4 Å². The fourth-order valence-corrected chi connectivity index (χ4v) is 5.90. The summed E-state index contributed by atoms with van der Waals surface area (Å²) in [4.78, 5) is 40.4. The maximum absolute atomic E-state index is 14.8. The van der Waals surface area contributed by atoms with E-state index < -0.39 is 29.4 Å². The molecule has 2 atom stereocenters. The third kappa shape index (κ3) is 7.50. The Morgan fingerprint density at radius 1 is 0.975 bits per heavy atom. The van der Waals surface area contributed by atoms with E-state index in [1.807, 2.05) is 0 Å². The van der Waals surface area contributed by atoms with Crippen molar-refractivity contribution in [3.8, 4) is 0 Å². The lowest BCUT2D eigenvalue weighted by atomic mass is 9.81. The lowest BCUT2D eigenvalue weighted by molar-refractivity contribution is -0.131. The molecule has 220 valence electrons. The molecule has 6 nitrogen and oxygen atoms in total. The number of hydrogen-bond acceptors (Lipinski definition) is 4. The molecule has 2 aromatic rings. The lowest BCUT2D eigenvalue weighted by Gasteiger charge is -2.33. The Morgan fingerprint density at radius 2 is 1.75 bits per heavy atom. The van der Waals surface area contributed by atoms with Crippen molar-refractivity contribution in [3.63, 3.8) is 0 Å². The van der Waals surface area contributed by atoms with Crippen LogP contribution >= 0.6 is 0 Å². The molecule has 1 unspecified atom stereocenters. The molecular weight excluding hydrogens is 519 g/mol. The first-order valence-electron chi connectivity index (χ1n) is 14.3. The van der Waals surface area contributed by atoms with Crippen LogP contribution in [0.5, 0.6) is 0 Å². The molecule has 0 bridgehead atoms. The van der Waals surface area contributed by atoms with Crippen LogP contribution < -0.4 is 10.6 Å². The molecule has 0 aromatic heterocycles. The minimum Gasteiger partial charge on any atom is -0.342 e. The monoisotopic (exact) mass is 561 g/mol. The topological polar surface area (TPSA) is 78.5 Å². The van der Waals surface area contributed by atoms with Gasteiger partial charge in [-0.1, -0.05) is 38.3 Å². The van der Waals surface area contributed by atoms with Crippen LogP contribution in [0.15, 0.2) is 36.4 Å². The number of Topliss-reactive ketones (excluding diaryl/α,β-unsaturated/α-hetero) is 1. The van der Waals surface area contributed by atoms with Gasteiger partial charge >= 0.3 is 0 Å². The third-order valence-corrected chi connectivity index (χ3v) is 8.19. The molecule has 9 heteroatoms. The Bertz CT molecular complexity index is 1230. The summed E-state index contributed by atoms with van der Waals surface area (Å²) in [6, 6.07) is 7.19. The number of ketones is 1. The van der Waals surface area contributed by atoms with Crippen molar-refractivity contribution in [3.05, 3.63) is 70.5 Å². The number of halogens is 3. The van der Waals surface area contributed by atoms with E-state index in [4.69, 9.17) is 0 Å². The summed E-state index contributed by atoms with van der Waals surface area (Å²) in [5.41, 5.74) is 0.948. The fraction of sp³-hybridized carbons (Fsp3) is 0.516. The van der Waals surface area contributed by atoms with Crippen molar-refractivity contribution in [1.29, 1.82) is 0 Å². The number of nitrogens with zero attached hydrogens (tertiary/aromatic N) is 1. The summed E-state index contributed by atoms with van der Waals surface area (Å²) in [5, 5.41) is 5.77. The van der Waals surface area contributed by atoms with E-state index in [-0.39, 0.29) is 50.6 Å². The number of benzene rings is 2. The van der Waals surface area contributed by atoms with Gasteiger partial charge in [0, 0.05) is 46.5 Å². The third-order valence-electron chi connectivity index (χ3n) is 8.19. The van der Waals surface area contributed by atoms with Gasteiger partial charge in [-0.2, -0.15) is 0 Å². The van der Waals surface area contributed by atoms with Crippen LogP contribution in [0.4, 0.5) is 13.2 Å². The number of nitrogens with one attached hydrogen (secondary N) is 2. The van der Waals surface area contributed by atoms with Crippen LogP contribution in [0.25, 0.3) is 0 Å². The van der Waals surface area contributed by atoms with E-state index in [0.717, 1.165) is 56.6 Å². The summed E-state index contributed by atoms with van der Waals surface area (Å²) in [6.07, 6.45) is 6.75. The highest BCUT2D eigenvalue weighted by atomic mass is 19.1. The summed E-state index contributed by atoms with van der Waals surface area (Å²) in [6.45, 7) is 2.84. The number of piperidine rings is 1. The highest BCUT2D eigenvalue weighted by molar-refractivity contribution is 5.98. The van der Waals surface area contributed by atoms with Gasteiger partial charge in [0.2, 0.25) is 5.91 Å².